The second-order valence-electron chi connectivity index (χ2n) is 4.50. The van der Waals surface area contributed by atoms with E-state index in [0.29, 0.717) is 43.4 Å². The van der Waals surface area contributed by atoms with Gasteiger partial charge in [-0.25, -0.2) is 0 Å². The predicted molar refractivity (Wildman–Crippen MR) is 73.6 cm³/mol. The van der Waals surface area contributed by atoms with E-state index in [1.165, 1.54) is 0 Å². The highest BCUT2D eigenvalue weighted by atomic mass is 16.5. The van der Waals surface area contributed by atoms with Gasteiger partial charge in [0.25, 0.3) is 0 Å². The lowest BCUT2D eigenvalue weighted by Crippen LogP contribution is -2.37. The van der Waals surface area contributed by atoms with Crippen molar-refractivity contribution < 1.29 is 9.26 Å². The summed E-state index contributed by atoms with van der Waals surface area (Å²) in [5, 5.41) is 6.80. The molecule has 3 N–H and O–H groups in total. The van der Waals surface area contributed by atoms with E-state index < -0.39 is 0 Å². The third-order valence-corrected chi connectivity index (χ3v) is 2.91. The average Bonchev–Trinajstić information content (AvgIpc) is 2.91. The molecule has 10 nitrogen and oxygen atoms in total. The van der Waals surface area contributed by atoms with Gasteiger partial charge in [-0.3, -0.25) is 0 Å². The fraction of sp³-hybridized carbons (Fsp3) is 0.545. The largest absolute Gasteiger partial charge is 0.378 e. The fourth-order valence-corrected chi connectivity index (χ4v) is 1.94. The molecule has 0 atom stereocenters. The molecule has 2 aromatic heterocycles. The van der Waals surface area contributed by atoms with Gasteiger partial charge >= 0.3 is 0 Å². The van der Waals surface area contributed by atoms with Crippen molar-refractivity contribution in [3.63, 3.8) is 0 Å². The van der Waals surface area contributed by atoms with Crippen molar-refractivity contribution in [2.75, 3.05) is 42.3 Å². The molecule has 1 saturated heterocycles. The molecular formula is C11H16N8O2. The first-order valence-electron chi connectivity index (χ1n) is 6.58. The maximum absolute atomic E-state index is 5.73. The van der Waals surface area contributed by atoms with Crippen LogP contribution < -0.4 is 16.0 Å². The normalized spacial score (nSPS) is 15.2. The van der Waals surface area contributed by atoms with E-state index in [4.69, 9.17) is 15.0 Å². The molecule has 1 aliphatic rings. The minimum absolute atomic E-state index is 0.165. The van der Waals surface area contributed by atoms with E-state index in [-0.39, 0.29) is 5.95 Å². The summed E-state index contributed by atoms with van der Waals surface area (Å²) in [7, 11) is 0. The zero-order valence-corrected chi connectivity index (χ0v) is 11.6. The van der Waals surface area contributed by atoms with Crippen molar-refractivity contribution >= 4 is 17.8 Å². The van der Waals surface area contributed by atoms with Gasteiger partial charge in [-0.1, -0.05) is 5.16 Å². The Bertz CT molecular complexity index is 610. The molecule has 0 bridgehead atoms. The van der Waals surface area contributed by atoms with Crippen LogP contribution in [0, 0.1) is 6.92 Å². The van der Waals surface area contributed by atoms with Crippen LogP contribution in [0.5, 0.6) is 0 Å². The number of nitrogen functional groups attached to an aromatic ring is 1. The van der Waals surface area contributed by atoms with Crippen LogP contribution in [0.3, 0.4) is 0 Å². The summed E-state index contributed by atoms with van der Waals surface area (Å²) in [6.45, 7) is 4.84. The Morgan fingerprint density at radius 3 is 2.71 bits per heavy atom. The minimum Gasteiger partial charge on any atom is -0.378 e. The van der Waals surface area contributed by atoms with Crippen molar-refractivity contribution in [1.29, 1.82) is 0 Å². The maximum atomic E-state index is 5.73. The molecule has 0 aromatic carbocycles. The first-order valence-corrected chi connectivity index (χ1v) is 6.58. The predicted octanol–water partition coefficient (Wildman–Crippen LogP) is -0.406. The quantitative estimate of drug-likeness (QED) is 0.767. The standard InChI is InChI=1S/C11H16N8O2/c1-7-14-8(18-21-7)6-13-10-15-9(12)16-11(17-10)19-2-4-20-5-3-19/h2-6H2,1H3,(H3,12,13,15,16,17). The van der Waals surface area contributed by atoms with Crippen molar-refractivity contribution in [1.82, 2.24) is 25.1 Å². The molecule has 0 radical (unpaired) electrons. The summed E-state index contributed by atoms with van der Waals surface area (Å²) < 4.78 is 10.2. The number of nitrogens with one attached hydrogen (secondary N) is 1. The lowest BCUT2D eigenvalue weighted by atomic mass is 10.4. The van der Waals surface area contributed by atoms with Gasteiger partial charge in [0.15, 0.2) is 5.82 Å². The second-order valence-corrected chi connectivity index (χ2v) is 4.50. The summed E-state index contributed by atoms with van der Waals surface area (Å²) in [6.07, 6.45) is 0. The molecule has 0 saturated carbocycles. The Morgan fingerprint density at radius 2 is 2.00 bits per heavy atom. The van der Waals surface area contributed by atoms with Crippen molar-refractivity contribution in [2.24, 2.45) is 0 Å². The van der Waals surface area contributed by atoms with Crippen LogP contribution in [-0.2, 0) is 11.3 Å². The SMILES string of the molecule is Cc1nc(CNc2nc(N)nc(N3CCOCC3)n2)no1. The molecule has 1 aliphatic heterocycles. The van der Waals surface area contributed by atoms with Gasteiger partial charge < -0.3 is 25.2 Å². The van der Waals surface area contributed by atoms with Gasteiger partial charge in [0.1, 0.15) is 0 Å². The van der Waals surface area contributed by atoms with E-state index in [0.717, 1.165) is 13.1 Å². The molecule has 0 spiro atoms. The van der Waals surface area contributed by atoms with Crippen LogP contribution in [0.15, 0.2) is 4.52 Å². The molecule has 0 amide bonds. The lowest BCUT2D eigenvalue weighted by Gasteiger charge is -2.26. The molecule has 0 aliphatic carbocycles. The van der Waals surface area contributed by atoms with E-state index in [9.17, 15) is 0 Å². The summed E-state index contributed by atoms with van der Waals surface area (Å²) >= 11 is 0. The lowest BCUT2D eigenvalue weighted by molar-refractivity contribution is 0.122. The number of aromatic nitrogens is 5. The van der Waals surface area contributed by atoms with Crippen LogP contribution in [0.4, 0.5) is 17.8 Å². The molecule has 1 fully saturated rings. The van der Waals surface area contributed by atoms with Crippen LogP contribution >= 0.6 is 0 Å². The van der Waals surface area contributed by atoms with Crippen LogP contribution in [-0.4, -0.2) is 51.4 Å². The Morgan fingerprint density at radius 1 is 1.19 bits per heavy atom. The Balaban J connectivity index is 1.71. The first-order chi connectivity index (χ1) is 10.2. The molecule has 112 valence electrons. The monoisotopic (exact) mass is 292 g/mol. The molecule has 3 heterocycles. The summed E-state index contributed by atoms with van der Waals surface area (Å²) in [4.78, 5) is 18.6. The molecule has 3 rings (SSSR count). The van der Waals surface area contributed by atoms with Crippen molar-refractivity contribution in [3.05, 3.63) is 11.7 Å². The summed E-state index contributed by atoms with van der Waals surface area (Å²) in [5.41, 5.74) is 5.73. The highest BCUT2D eigenvalue weighted by Gasteiger charge is 2.16. The molecule has 0 unspecified atom stereocenters. The van der Waals surface area contributed by atoms with E-state index >= 15 is 0 Å². The van der Waals surface area contributed by atoms with Gasteiger partial charge in [-0.15, -0.1) is 0 Å². The topological polar surface area (TPSA) is 128 Å². The highest BCUT2D eigenvalue weighted by molar-refractivity contribution is 5.42. The molecular weight excluding hydrogens is 276 g/mol. The van der Waals surface area contributed by atoms with E-state index in [1.54, 1.807) is 6.92 Å². The van der Waals surface area contributed by atoms with Gasteiger partial charge in [0.05, 0.1) is 19.8 Å². The number of hydrogen-bond donors (Lipinski definition) is 2. The van der Waals surface area contributed by atoms with Gasteiger partial charge in [0.2, 0.25) is 23.7 Å². The average molecular weight is 292 g/mol. The van der Waals surface area contributed by atoms with Crippen molar-refractivity contribution in [3.8, 4) is 0 Å². The molecule has 2 aromatic rings. The molecule has 10 heteroatoms. The summed E-state index contributed by atoms with van der Waals surface area (Å²) in [6, 6.07) is 0. The van der Waals surface area contributed by atoms with E-state index in [1.807, 2.05) is 4.90 Å². The zero-order chi connectivity index (χ0) is 14.7. The number of anilines is 3. The van der Waals surface area contributed by atoms with Gasteiger partial charge in [0, 0.05) is 20.0 Å². The zero-order valence-electron chi connectivity index (χ0n) is 11.6. The number of nitrogens with two attached hydrogens (primary N) is 1. The highest BCUT2D eigenvalue weighted by Crippen LogP contribution is 2.13. The van der Waals surface area contributed by atoms with Crippen LogP contribution in [0.25, 0.3) is 0 Å². The number of nitrogens with zero attached hydrogens (tertiary/aromatic N) is 6. The number of ether oxygens (including phenoxy) is 1. The Kier molecular flexibility index (Phi) is 3.77. The minimum atomic E-state index is 0.165. The van der Waals surface area contributed by atoms with Crippen LogP contribution in [0.2, 0.25) is 0 Å². The van der Waals surface area contributed by atoms with Gasteiger partial charge in [-0.05, 0) is 0 Å². The fourth-order valence-electron chi connectivity index (χ4n) is 1.94. The number of aryl methyl sites for hydroxylation is 1. The second kappa shape index (κ2) is 5.87. The van der Waals surface area contributed by atoms with Crippen LogP contribution in [0.1, 0.15) is 11.7 Å². The third kappa shape index (κ3) is 3.34. The maximum Gasteiger partial charge on any atom is 0.232 e. The third-order valence-electron chi connectivity index (χ3n) is 2.91. The number of hydrogen-bond acceptors (Lipinski definition) is 10. The smallest absolute Gasteiger partial charge is 0.232 e. The number of morpholine rings is 1. The van der Waals surface area contributed by atoms with Crippen molar-refractivity contribution in [2.45, 2.75) is 13.5 Å². The van der Waals surface area contributed by atoms with E-state index in [2.05, 4.69) is 30.4 Å². The number of rotatable bonds is 4. The van der Waals surface area contributed by atoms with Gasteiger partial charge in [-0.2, -0.15) is 19.9 Å². The first kappa shape index (κ1) is 13.5. The molecule has 21 heavy (non-hydrogen) atoms. The Labute approximate surface area is 120 Å². The summed E-state index contributed by atoms with van der Waals surface area (Å²) in [5.74, 6) is 2.12. The Hall–Kier alpha value is -2.49.